The van der Waals surface area contributed by atoms with E-state index < -0.39 is 33.9 Å². The first-order chi connectivity index (χ1) is 12.8. The third-order valence-corrected chi connectivity index (χ3v) is 5.47. The molecule has 0 radical (unpaired) electrons. The first-order valence-corrected chi connectivity index (χ1v) is 9.51. The zero-order valence-electron chi connectivity index (χ0n) is 14.3. The number of hydrogen-bond donors (Lipinski definition) is 1. The van der Waals surface area contributed by atoms with Gasteiger partial charge in [-0.2, -0.15) is 0 Å². The van der Waals surface area contributed by atoms with E-state index in [2.05, 4.69) is 4.72 Å². The molecule has 0 bridgehead atoms. The van der Waals surface area contributed by atoms with E-state index in [1.165, 1.54) is 30.3 Å². The van der Waals surface area contributed by atoms with Crippen LogP contribution in [0.1, 0.15) is 22.3 Å². The van der Waals surface area contributed by atoms with Gasteiger partial charge in [0, 0.05) is 12.1 Å². The number of aryl methyl sites for hydroxylation is 1. The van der Waals surface area contributed by atoms with Crippen LogP contribution in [-0.4, -0.2) is 33.1 Å². The summed E-state index contributed by atoms with van der Waals surface area (Å²) in [5, 5.41) is 0. The fourth-order valence-electron chi connectivity index (χ4n) is 2.53. The van der Waals surface area contributed by atoms with Crippen LogP contribution in [-0.2, 0) is 24.3 Å². The van der Waals surface area contributed by atoms with Gasteiger partial charge in [0.05, 0.1) is 17.1 Å². The molecular formula is C18H16FNO6S. The number of cyclic esters (lactones) is 1. The molecule has 2 aromatic carbocycles. The van der Waals surface area contributed by atoms with Gasteiger partial charge in [0.15, 0.2) is 0 Å². The average Bonchev–Trinajstić information content (AvgIpc) is 3.01. The minimum Gasteiger partial charge on any atom is -0.463 e. The van der Waals surface area contributed by atoms with Crippen molar-refractivity contribution in [3.05, 3.63) is 59.4 Å². The maximum absolute atomic E-state index is 13.0. The summed E-state index contributed by atoms with van der Waals surface area (Å²) in [5.41, 5.74) is 0.568. The molecule has 1 heterocycles. The molecule has 3 rings (SSSR count). The van der Waals surface area contributed by atoms with Gasteiger partial charge < -0.3 is 9.47 Å². The number of sulfonamides is 1. The lowest BCUT2D eigenvalue weighted by atomic mass is 10.1. The van der Waals surface area contributed by atoms with Crippen LogP contribution < -0.4 is 4.72 Å². The fraction of sp³-hybridized carbons (Fsp3) is 0.222. The second kappa shape index (κ2) is 7.36. The Balaban J connectivity index is 1.84. The first kappa shape index (κ1) is 18.8. The van der Waals surface area contributed by atoms with Gasteiger partial charge in [0.2, 0.25) is 6.10 Å². The van der Waals surface area contributed by atoms with Gasteiger partial charge in [-0.25, -0.2) is 22.4 Å². The van der Waals surface area contributed by atoms with Crippen LogP contribution in [0.4, 0.5) is 10.1 Å². The van der Waals surface area contributed by atoms with E-state index in [1.807, 2.05) is 0 Å². The number of rotatable bonds is 5. The Hall–Kier alpha value is -2.94. The van der Waals surface area contributed by atoms with Gasteiger partial charge in [-0.15, -0.1) is 0 Å². The molecule has 0 amide bonds. The molecule has 0 unspecified atom stereocenters. The van der Waals surface area contributed by atoms with Crippen molar-refractivity contribution in [3.8, 4) is 0 Å². The standard InChI is InChI=1S/C18H16FNO6S/c1-11-2-3-12(17(21)26-15-8-9-25-18(15)22)10-16(11)27(23,24)20-14-6-4-13(19)5-7-14/h2-7,10,15,20H,8-9H2,1H3/t15-/m1/s1. The molecule has 1 saturated heterocycles. The number of carbonyl (C=O) groups is 2. The summed E-state index contributed by atoms with van der Waals surface area (Å²) in [4.78, 5) is 23.5. The summed E-state index contributed by atoms with van der Waals surface area (Å²) in [7, 11) is -4.02. The van der Waals surface area contributed by atoms with Crippen molar-refractivity contribution in [2.24, 2.45) is 0 Å². The number of carbonyl (C=O) groups excluding carboxylic acids is 2. The number of anilines is 1. The van der Waals surface area contributed by atoms with Crippen LogP contribution in [0.15, 0.2) is 47.4 Å². The van der Waals surface area contributed by atoms with Gasteiger partial charge in [-0.3, -0.25) is 4.72 Å². The molecule has 9 heteroatoms. The van der Waals surface area contributed by atoms with Gasteiger partial charge in [-0.1, -0.05) is 6.07 Å². The molecule has 27 heavy (non-hydrogen) atoms. The third kappa shape index (κ3) is 4.25. The summed E-state index contributed by atoms with van der Waals surface area (Å²) in [6.45, 7) is 1.74. The summed E-state index contributed by atoms with van der Waals surface area (Å²) < 4.78 is 50.4. The summed E-state index contributed by atoms with van der Waals surface area (Å²) in [5.74, 6) is -1.94. The minimum absolute atomic E-state index is 0.0141. The lowest BCUT2D eigenvalue weighted by molar-refractivity contribution is -0.145. The highest BCUT2D eigenvalue weighted by molar-refractivity contribution is 7.92. The van der Waals surface area contributed by atoms with Crippen molar-refractivity contribution in [1.82, 2.24) is 0 Å². The first-order valence-electron chi connectivity index (χ1n) is 8.03. The molecule has 0 saturated carbocycles. The predicted molar refractivity (Wildman–Crippen MR) is 93.2 cm³/mol. The second-order valence-electron chi connectivity index (χ2n) is 5.94. The molecule has 1 atom stereocenters. The van der Waals surface area contributed by atoms with Crippen LogP contribution in [0.2, 0.25) is 0 Å². The van der Waals surface area contributed by atoms with Gasteiger partial charge >= 0.3 is 11.9 Å². The lowest BCUT2D eigenvalue weighted by Gasteiger charge is -2.13. The van der Waals surface area contributed by atoms with Crippen molar-refractivity contribution < 1.29 is 31.9 Å². The zero-order valence-corrected chi connectivity index (χ0v) is 15.1. The van der Waals surface area contributed by atoms with E-state index in [-0.39, 0.29) is 29.2 Å². The van der Waals surface area contributed by atoms with Gasteiger partial charge in [0.25, 0.3) is 10.0 Å². The lowest BCUT2D eigenvalue weighted by Crippen LogP contribution is -2.23. The molecule has 7 nitrogen and oxygen atoms in total. The largest absolute Gasteiger partial charge is 0.463 e. The molecule has 0 aliphatic carbocycles. The van der Waals surface area contributed by atoms with E-state index in [0.717, 1.165) is 12.1 Å². The number of hydrogen-bond acceptors (Lipinski definition) is 6. The molecule has 1 fully saturated rings. The van der Waals surface area contributed by atoms with Gasteiger partial charge in [0.1, 0.15) is 5.82 Å². The molecule has 2 aromatic rings. The highest BCUT2D eigenvalue weighted by Gasteiger charge is 2.31. The SMILES string of the molecule is Cc1ccc(C(=O)O[C@@H]2CCOC2=O)cc1S(=O)(=O)Nc1ccc(F)cc1. The normalized spacial score (nSPS) is 16.7. The van der Waals surface area contributed by atoms with Crippen molar-refractivity contribution in [2.75, 3.05) is 11.3 Å². The van der Waals surface area contributed by atoms with E-state index in [0.29, 0.717) is 5.56 Å². The Labute approximate surface area is 155 Å². The maximum Gasteiger partial charge on any atom is 0.347 e. The molecule has 0 aromatic heterocycles. The fourth-order valence-corrected chi connectivity index (χ4v) is 3.86. The van der Waals surface area contributed by atoms with Crippen LogP contribution in [0.25, 0.3) is 0 Å². The topological polar surface area (TPSA) is 98.8 Å². The van der Waals surface area contributed by atoms with Crippen molar-refractivity contribution in [3.63, 3.8) is 0 Å². The Morgan fingerprint density at radius 1 is 1.22 bits per heavy atom. The summed E-state index contributed by atoms with van der Waals surface area (Å²) >= 11 is 0. The molecule has 1 N–H and O–H groups in total. The van der Waals surface area contributed by atoms with Gasteiger partial charge in [-0.05, 0) is 48.9 Å². The Bertz CT molecular complexity index is 987. The van der Waals surface area contributed by atoms with Crippen molar-refractivity contribution in [2.45, 2.75) is 24.3 Å². The quantitative estimate of drug-likeness (QED) is 0.784. The maximum atomic E-state index is 13.0. The number of benzene rings is 2. The smallest absolute Gasteiger partial charge is 0.347 e. The third-order valence-electron chi connectivity index (χ3n) is 3.95. The van der Waals surface area contributed by atoms with E-state index >= 15 is 0 Å². The summed E-state index contributed by atoms with van der Waals surface area (Å²) in [6, 6.07) is 8.86. The van der Waals surface area contributed by atoms with Crippen molar-refractivity contribution >= 4 is 27.6 Å². The molecular weight excluding hydrogens is 377 g/mol. The Kier molecular flexibility index (Phi) is 5.13. The number of nitrogens with one attached hydrogen (secondary N) is 1. The zero-order chi connectivity index (χ0) is 19.6. The second-order valence-corrected chi connectivity index (χ2v) is 7.59. The Morgan fingerprint density at radius 2 is 1.93 bits per heavy atom. The van der Waals surface area contributed by atoms with Crippen LogP contribution >= 0.6 is 0 Å². The molecule has 1 aliphatic heterocycles. The highest BCUT2D eigenvalue weighted by atomic mass is 32.2. The van der Waals surface area contributed by atoms with Crippen LogP contribution in [0, 0.1) is 12.7 Å². The average molecular weight is 393 g/mol. The minimum atomic E-state index is -4.02. The molecule has 142 valence electrons. The van der Waals surface area contributed by atoms with E-state index in [4.69, 9.17) is 9.47 Å². The van der Waals surface area contributed by atoms with E-state index in [9.17, 15) is 22.4 Å². The van der Waals surface area contributed by atoms with Crippen LogP contribution in [0.5, 0.6) is 0 Å². The highest BCUT2D eigenvalue weighted by Crippen LogP contribution is 2.22. The Morgan fingerprint density at radius 3 is 2.56 bits per heavy atom. The van der Waals surface area contributed by atoms with Crippen LogP contribution in [0.3, 0.4) is 0 Å². The molecule has 0 spiro atoms. The summed E-state index contributed by atoms with van der Waals surface area (Å²) in [6.07, 6.45) is -0.732. The van der Waals surface area contributed by atoms with E-state index in [1.54, 1.807) is 6.92 Å². The van der Waals surface area contributed by atoms with Crippen molar-refractivity contribution in [1.29, 1.82) is 0 Å². The number of halogens is 1. The predicted octanol–water partition coefficient (Wildman–Crippen LogP) is 2.41. The number of esters is 2. The molecule has 1 aliphatic rings. The monoisotopic (exact) mass is 393 g/mol. The number of ether oxygens (including phenoxy) is 2.